The molecule has 1 aromatic rings. The molecule has 0 heterocycles. The Kier molecular flexibility index (Phi) is 7.73. The van der Waals surface area contributed by atoms with Gasteiger partial charge in [0, 0.05) is 0 Å². The number of hydrogen-bond donors (Lipinski definition) is 1. The van der Waals surface area contributed by atoms with E-state index in [1.54, 1.807) is 0 Å². The van der Waals surface area contributed by atoms with Gasteiger partial charge in [-0.3, -0.25) is 4.55 Å². The van der Waals surface area contributed by atoms with Gasteiger partial charge in [0.25, 0.3) is 10.1 Å². The summed E-state index contributed by atoms with van der Waals surface area (Å²) < 4.78 is 35.5. The molecule has 7 heteroatoms. The maximum Gasteiger partial charge on any atom is 1.00 e. The molecule has 5 nitrogen and oxygen atoms in total. The van der Waals surface area contributed by atoms with E-state index in [2.05, 4.69) is 0 Å². The molecule has 0 atom stereocenters. The number of carbonyl (C=O) groups is 1. The number of esters is 1. The quantitative estimate of drug-likeness (QED) is 0.324. The van der Waals surface area contributed by atoms with E-state index in [-0.39, 0.29) is 41.4 Å². The standard InChI is InChI=1S/C11H14O5S.Na.H/c1-2-3-7-16-11(12)9-5-4-6-10(8-9)17(13,14)15;;/h4-6,8H,2-3,7H2,1H3,(H,13,14,15);;/q;+1;-1. The van der Waals surface area contributed by atoms with Crippen molar-refractivity contribution in [2.75, 3.05) is 6.61 Å². The van der Waals surface area contributed by atoms with Crippen LogP contribution < -0.4 is 29.6 Å². The van der Waals surface area contributed by atoms with Crippen molar-refractivity contribution in [3.63, 3.8) is 0 Å². The summed E-state index contributed by atoms with van der Waals surface area (Å²) in [6, 6.07) is 5.10. The van der Waals surface area contributed by atoms with Crippen LogP contribution in [-0.4, -0.2) is 25.5 Å². The maximum atomic E-state index is 11.5. The second-order valence-electron chi connectivity index (χ2n) is 3.49. The minimum Gasteiger partial charge on any atom is -1.00 e. The van der Waals surface area contributed by atoms with Gasteiger partial charge in [-0.2, -0.15) is 8.42 Å². The monoisotopic (exact) mass is 282 g/mol. The first-order chi connectivity index (χ1) is 7.95. The molecule has 0 aromatic heterocycles. The van der Waals surface area contributed by atoms with E-state index in [0.717, 1.165) is 18.9 Å². The molecule has 0 aliphatic rings. The second kappa shape index (κ2) is 7.91. The van der Waals surface area contributed by atoms with Crippen molar-refractivity contribution in [3.8, 4) is 0 Å². The minimum atomic E-state index is -4.29. The normalized spacial score (nSPS) is 10.6. The molecule has 0 bridgehead atoms. The summed E-state index contributed by atoms with van der Waals surface area (Å²) in [5.41, 5.74) is 0.108. The topological polar surface area (TPSA) is 80.7 Å². The van der Waals surface area contributed by atoms with Gasteiger partial charge < -0.3 is 6.16 Å². The van der Waals surface area contributed by atoms with Crippen molar-refractivity contribution in [2.45, 2.75) is 24.7 Å². The Morgan fingerprint density at radius 3 is 2.67 bits per heavy atom. The van der Waals surface area contributed by atoms with Gasteiger partial charge in [0.05, 0.1) is 17.1 Å². The van der Waals surface area contributed by atoms with E-state index < -0.39 is 16.1 Å². The van der Waals surface area contributed by atoms with Crippen molar-refractivity contribution in [2.24, 2.45) is 0 Å². The molecule has 0 fully saturated rings. The SMILES string of the molecule is CCCCOC(=O)c1cccc(S(=O)(=O)O)c1.[H-].[Na+]. The van der Waals surface area contributed by atoms with Crippen LogP contribution >= 0.6 is 0 Å². The zero-order chi connectivity index (χ0) is 12.9. The number of carbonyl (C=O) groups excluding carboxylic acids is 1. The molecule has 0 spiro atoms. The van der Waals surface area contributed by atoms with E-state index in [1.165, 1.54) is 18.2 Å². The van der Waals surface area contributed by atoms with Crippen LogP contribution in [-0.2, 0) is 14.9 Å². The average molecular weight is 282 g/mol. The van der Waals surface area contributed by atoms with Gasteiger partial charge in [0.2, 0.25) is 0 Å². The molecule has 0 radical (unpaired) electrons. The third-order valence-electron chi connectivity index (χ3n) is 2.10. The Morgan fingerprint density at radius 1 is 1.44 bits per heavy atom. The fraction of sp³-hybridized carbons (Fsp3) is 0.364. The van der Waals surface area contributed by atoms with Crippen molar-refractivity contribution < 1.29 is 53.5 Å². The summed E-state index contributed by atoms with van der Waals surface area (Å²) >= 11 is 0. The van der Waals surface area contributed by atoms with Crippen LogP contribution in [0.5, 0.6) is 0 Å². The van der Waals surface area contributed by atoms with Crippen LogP contribution in [0, 0.1) is 0 Å². The van der Waals surface area contributed by atoms with E-state index in [1.807, 2.05) is 6.92 Å². The fourth-order valence-electron chi connectivity index (χ4n) is 1.18. The number of ether oxygens (including phenoxy) is 1. The van der Waals surface area contributed by atoms with Crippen molar-refractivity contribution in [3.05, 3.63) is 29.8 Å². The smallest absolute Gasteiger partial charge is 1.00 e. The first kappa shape index (κ1) is 17.6. The zero-order valence-corrected chi connectivity index (χ0v) is 13.2. The molecule has 0 amide bonds. The Labute approximate surface area is 130 Å². The minimum absolute atomic E-state index is 0. The third kappa shape index (κ3) is 5.49. The molecule has 0 unspecified atom stereocenters. The molecule has 1 rings (SSSR count). The molecule has 0 saturated carbocycles. The van der Waals surface area contributed by atoms with Crippen molar-refractivity contribution in [1.82, 2.24) is 0 Å². The van der Waals surface area contributed by atoms with Crippen LogP contribution in [0.25, 0.3) is 0 Å². The Bertz CT molecular complexity index is 504. The van der Waals surface area contributed by atoms with Crippen LogP contribution in [0.15, 0.2) is 29.2 Å². The van der Waals surface area contributed by atoms with Crippen LogP contribution in [0.1, 0.15) is 31.6 Å². The summed E-state index contributed by atoms with van der Waals surface area (Å²) in [7, 11) is -4.29. The summed E-state index contributed by atoms with van der Waals surface area (Å²) in [5.74, 6) is -0.594. The third-order valence-corrected chi connectivity index (χ3v) is 2.95. The molecular weight excluding hydrogens is 267 g/mol. The van der Waals surface area contributed by atoms with Crippen LogP contribution in [0.3, 0.4) is 0 Å². The molecule has 1 N–H and O–H groups in total. The molecule has 0 aliphatic carbocycles. The zero-order valence-electron chi connectivity index (χ0n) is 11.4. The molecule has 18 heavy (non-hydrogen) atoms. The van der Waals surface area contributed by atoms with Crippen molar-refractivity contribution >= 4 is 16.1 Å². The van der Waals surface area contributed by atoms with E-state index in [0.29, 0.717) is 6.61 Å². The number of benzene rings is 1. The summed E-state index contributed by atoms with van der Waals surface area (Å²) in [5, 5.41) is 0. The van der Waals surface area contributed by atoms with E-state index in [4.69, 9.17) is 9.29 Å². The van der Waals surface area contributed by atoms with Gasteiger partial charge in [-0.1, -0.05) is 19.4 Å². The summed E-state index contributed by atoms with van der Waals surface area (Å²) in [6.45, 7) is 2.26. The van der Waals surface area contributed by atoms with E-state index in [9.17, 15) is 13.2 Å². The van der Waals surface area contributed by atoms with Gasteiger partial charge in [0.1, 0.15) is 0 Å². The number of unbranched alkanes of at least 4 members (excludes halogenated alkanes) is 1. The fourth-order valence-corrected chi connectivity index (χ4v) is 1.70. The first-order valence-corrected chi connectivity index (χ1v) is 6.64. The Hall–Kier alpha value is -0.400. The number of hydrogen-bond acceptors (Lipinski definition) is 4. The van der Waals surface area contributed by atoms with Crippen molar-refractivity contribution in [1.29, 1.82) is 0 Å². The molecule has 96 valence electrons. The molecule has 0 saturated heterocycles. The second-order valence-corrected chi connectivity index (χ2v) is 4.91. The van der Waals surface area contributed by atoms with Gasteiger partial charge in [-0.25, -0.2) is 4.79 Å². The first-order valence-electron chi connectivity index (χ1n) is 5.20. The maximum absolute atomic E-state index is 11.5. The number of rotatable bonds is 5. The predicted octanol–water partition coefficient (Wildman–Crippen LogP) is -0.993. The van der Waals surface area contributed by atoms with Gasteiger partial charge in [-0.05, 0) is 24.6 Å². The molecule has 1 aromatic carbocycles. The van der Waals surface area contributed by atoms with Crippen LogP contribution in [0.4, 0.5) is 0 Å². The molecular formula is C11H15NaO5S. The van der Waals surface area contributed by atoms with Crippen LogP contribution in [0.2, 0.25) is 0 Å². The predicted molar refractivity (Wildman–Crippen MR) is 62.6 cm³/mol. The molecule has 0 aliphatic heterocycles. The van der Waals surface area contributed by atoms with Gasteiger partial charge in [0.15, 0.2) is 0 Å². The summed E-state index contributed by atoms with van der Waals surface area (Å²) in [6.07, 6.45) is 1.65. The largest absolute Gasteiger partial charge is 1.00 e. The van der Waals surface area contributed by atoms with Gasteiger partial charge in [-0.15, -0.1) is 0 Å². The van der Waals surface area contributed by atoms with Gasteiger partial charge >= 0.3 is 35.5 Å². The Morgan fingerprint density at radius 2 is 2.11 bits per heavy atom. The average Bonchev–Trinajstić information content (AvgIpc) is 2.28. The Balaban J connectivity index is 0. The summed E-state index contributed by atoms with van der Waals surface area (Å²) in [4.78, 5) is 11.2. The van der Waals surface area contributed by atoms with E-state index >= 15 is 0 Å².